The minimum absolute atomic E-state index is 0.0820. The molecule has 11 heteroatoms. The molecule has 0 unspecified atom stereocenters. The highest BCUT2D eigenvalue weighted by molar-refractivity contribution is 7.92. The Labute approximate surface area is 289 Å². The molecule has 0 aliphatic rings. The fourth-order valence-corrected chi connectivity index (χ4v) is 6.71. The lowest BCUT2D eigenvalue weighted by atomic mass is 10.0. The number of nitrogens with one attached hydrogen (secondary N) is 1. The number of carbonyl (C=O) groups excluding carboxylic acids is 2. The van der Waals surface area contributed by atoms with Crippen molar-refractivity contribution in [2.45, 2.75) is 57.1 Å². The summed E-state index contributed by atoms with van der Waals surface area (Å²) in [5.74, 6) is 0.253. The zero-order valence-corrected chi connectivity index (χ0v) is 29.5. The van der Waals surface area contributed by atoms with Gasteiger partial charge in [-0.25, -0.2) is 8.42 Å². The van der Waals surface area contributed by atoms with Crippen LogP contribution >= 0.6 is 0 Å². The van der Waals surface area contributed by atoms with E-state index in [-0.39, 0.29) is 41.2 Å². The van der Waals surface area contributed by atoms with Gasteiger partial charge in [-0.3, -0.25) is 13.9 Å². The molecule has 2 atom stereocenters. The van der Waals surface area contributed by atoms with Crippen LogP contribution in [0.1, 0.15) is 38.3 Å². The Bertz CT molecular complexity index is 1770. The SMILES string of the molecule is CCOc1ccc(N(CC(=O)N(Cc2ccccc2)[C@H](Cc2ccccc2)C(=O)N[C@@H](C)CC)S(=O)(=O)c2ccc(OC)c(OC)c2)cc1. The highest BCUT2D eigenvalue weighted by atomic mass is 32.2. The Hall–Kier alpha value is -5.03. The lowest BCUT2D eigenvalue weighted by Gasteiger charge is -2.34. The molecular formula is C38H45N3O7S. The highest BCUT2D eigenvalue weighted by Gasteiger charge is 2.35. The fourth-order valence-electron chi connectivity index (χ4n) is 5.28. The van der Waals surface area contributed by atoms with Crippen LogP contribution in [0.4, 0.5) is 5.69 Å². The third-order valence-electron chi connectivity index (χ3n) is 8.13. The Morgan fingerprint density at radius 3 is 1.98 bits per heavy atom. The molecule has 0 aliphatic heterocycles. The Balaban J connectivity index is 1.82. The van der Waals surface area contributed by atoms with Gasteiger partial charge in [0.15, 0.2) is 11.5 Å². The van der Waals surface area contributed by atoms with Crippen molar-refractivity contribution >= 4 is 27.5 Å². The minimum atomic E-state index is -4.36. The monoisotopic (exact) mass is 687 g/mol. The molecule has 0 spiro atoms. The molecule has 0 heterocycles. The normalized spacial score (nSPS) is 12.3. The zero-order valence-electron chi connectivity index (χ0n) is 28.7. The number of anilines is 1. The van der Waals surface area contributed by atoms with Crippen LogP contribution in [0.2, 0.25) is 0 Å². The molecule has 4 aromatic carbocycles. The second-order valence-electron chi connectivity index (χ2n) is 11.5. The van der Waals surface area contributed by atoms with E-state index in [1.54, 1.807) is 24.3 Å². The molecule has 0 fully saturated rings. The number of carbonyl (C=O) groups is 2. The van der Waals surface area contributed by atoms with Crippen molar-refractivity contribution in [1.29, 1.82) is 0 Å². The molecular weight excluding hydrogens is 642 g/mol. The van der Waals surface area contributed by atoms with E-state index in [1.165, 1.54) is 37.3 Å². The van der Waals surface area contributed by atoms with Crippen molar-refractivity contribution in [2.24, 2.45) is 0 Å². The van der Waals surface area contributed by atoms with Crippen molar-refractivity contribution in [1.82, 2.24) is 10.2 Å². The summed E-state index contributed by atoms with van der Waals surface area (Å²) < 4.78 is 46.3. The summed E-state index contributed by atoms with van der Waals surface area (Å²) in [6.45, 7) is 5.66. The predicted molar refractivity (Wildman–Crippen MR) is 191 cm³/mol. The zero-order chi connectivity index (χ0) is 35.4. The molecule has 1 N–H and O–H groups in total. The predicted octanol–water partition coefficient (Wildman–Crippen LogP) is 5.85. The Morgan fingerprint density at radius 2 is 1.41 bits per heavy atom. The molecule has 0 saturated carbocycles. The van der Waals surface area contributed by atoms with Gasteiger partial charge >= 0.3 is 0 Å². The molecule has 2 amide bonds. The van der Waals surface area contributed by atoms with E-state index in [1.807, 2.05) is 81.4 Å². The summed E-state index contributed by atoms with van der Waals surface area (Å²) in [4.78, 5) is 30.0. The van der Waals surface area contributed by atoms with Crippen LogP contribution in [0.3, 0.4) is 0 Å². The molecule has 0 saturated heterocycles. The molecule has 0 radical (unpaired) electrons. The van der Waals surface area contributed by atoms with Crippen LogP contribution in [0.25, 0.3) is 0 Å². The van der Waals surface area contributed by atoms with Crippen molar-refractivity contribution < 1.29 is 32.2 Å². The summed E-state index contributed by atoms with van der Waals surface area (Å²) in [6.07, 6.45) is 0.929. The van der Waals surface area contributed by atoms with Crippen LogP contribution in [0.15, 0.2) is 108 Å². The number of methoxy groups -OCH3 is 2. The quantitative estimate of drug-likeness (QED) is 0.148. The molecule has 4 aromatic rings. The van der Waals surface area contributed by atoms with Crippen molar-refractivity contribution in [3.63, 3.8) is 0 Å². The maximum Gasteiger partial charge on any atom is 0.264 e. The molecule has 0 aromatic heterocycles. The van der Waals surface area contributed by atoms with Crippen LogP contribution in [0.5, 0.6) is 17.2 Å². The first kappa shape index (κ1) is 36.8. The third-order valence-corrected chi connectivity index (χ3v) is 9.90. The van der Waals surface area contributed by atoms with Crippen molar-refractivity contribution in [3.8, 4) is 17.2 Å². The Morgan fingerprint density at radius 1 is 0.796 bits per heavy atom. The van der Waals surface area contributed by atoms with Gasteiger partial charge in [0.2, 0.25) is 11.8 Å². The second kappa shape index (κ2) is 17.4. The number of sulfonamides is 1. The lowest BCUT2D eigenvalue weighted by Crippen LogP contribution is -2.54. The molecule has 4 rings (SSSR count). The summed E-state index contributed by atoms with van der Waals surface area (Å²) in [7, 11) is -1.48. The van der Waals surface area contributed by atoms with Gasteiger partial charge in [-0.1, -0.05) is 67.6 Å². The van der Waals surface area contributed by atoms with Gasteiger partial charge in [-0.05, 0) is 67.8 Å². The first-order chi connectivity index (χ1) is 23.6. The first-order valence-electron chi connectivity index (χ1n) is 16.3. The van der Waals surface area contributed by atoms with E-state index in [0.717, 1.165) is 15.4 Å². The maximum atomic E-state index is 14.7. The van der Waals surface area contributed by atoms with Gasteiger partial charge in [0.25, 0.3) is 10.0 Å². The number of benzene rings is 4. The average Bonchev–Trinajstić information content (AvgIpc) is 3.12. The average molecular weight is 688 g/mol. The second-order valence-corrected chi connectivity index (χ2v) is 13.3. The van der Waals surface area contributed by atoms with E-state index < -0.39 is 28.5 Å². The lowest BCUT2D eigenvalue weighted by molar-refractivity contribution is -0.140. The van der Waals surface area contributed by atoms with E-state index in [0.29, 0.717) is 24.5 Å². The molecule has 0 bridgehead atoms. The maximum absolute atomic E-state index is 14.7. The van der Waals surface area contributed by atoms with Crippen molar-refractivity contribution in [3.05, 3.63) is 114 Å². The van der Waals surface area contributed by atoms with Crippen LogP contribution in [-0.4, -0.2) is 64.6 Å². The Kier molecular flexibility index (Phi) is 13.1. The number of amides is 2. The van der Waals surface area contributed by atoms with Gasteiger partial charge in [0, 0.05) is 25.1 Å². The number of hydrogen-bond acceptors (Lipinski definition) is 7. The smallest absolute Gasteiger partial charge is 0.264 e. The van der Waals surface area contributed by atoms with Gasteiger partial charge in [-0.2, -0.15) is 0 Å². The standard InChI is InChI=1S/C38H45N3O7S/c1-6-28(3)39-38(43)34(24-29-14-10-8-11-15-29)40(26-30-16-12-9-13-17-30)37(42)27-41(31-18-20-32(21-19-31)48-7-2)49(44,45)33-22-23-35(46-4)36(25-33)47-5/h8-23,25,28,34H,6-7,24,26-27H2,1-5H3,(H,39,43)/t28-,34+/m0/s1. The van der Waals surface area contributed by atoms with Crippen molar-refractivity contribution in [2.75, 3.05) is 31.7 Å². The van der Waals surface area contributed by atoms with Crippen LogP contribution < -0.4 is 23.8 Å². The molecule has 49 heavy (non-hydrogen) atoms. The summed E-state index contributed by atoms with van der Waals surface area (Å²) >= 11 is 0. The number of rotatable bonds is 17. The third kappa shape index (κ3) is 9.54. The minimum Gasteiger partial charge on any atom is -0.494 e. The van der Waals surface area contributed by atoms with Gasteiger partial charge < -0.3 is 24.4 Å². The van der Waals surface area contributed by atoms with Crippen LogP contribution in [-0.2, 0) is 32.6 Å². The van der Waals surface area contributed by atoms with Gasteiger partial charge in [-0.15, -0.1) is 0 Å². The largest absolute Gasteiger partial charge is 0.494 e. The highest BCUT2D eigenvalue weighted by Crippen LogP contribution is 2.33. The first-order valence-corrected chi connectivity index (χ1v) is 17.7. The molecule has 0 aliphatic carbocycles. The summed E-state index contributed by atoms with van der Waals surface area (Å²) in [5, 5.41) is 3.05. The molecule has 260 valence electrons. The molecule has 10 nitrogen and oxygen atoms in total. The summed E-state index contributed by atoms with van der Waals surface area (Å²) in [5.41, 5.74) is 1.90. The topological polar surface area (TPSA) is 114 Å². The van der Waals surface area contributed by atoms with E-state index >= 15 is 0 Å². The number of nitrogens with zero attached hydrogens (tertiary/aromatic N) is 2. The van der Waals surface area contributed by atoms with E-state index in [2.05, 4.69) is 5.32 Å². The van der Waals surface area contributed by atoms with E-state index in [9.17, 15) is 18.0 Å². The fraction of sp³-hybridized carbons (Fsp3) is 0.316. The summed E-state index contributed by atoms with van der Waals surface area (Å²) in [6, 6.07) is 28.5. The van der Waals surface area contributed by atoms with E-state index in [4.69, 9.17) is 14.2 Å². The van der Waals surface area contributed by atoms with Gasteiger partial charge in [0.1, 0.15) is 18.3 Å². The van der Waals surface area contributed by atoms with Gasteiger partial charge in [0.05, 0.1) is 31.4 Å². The van der Waals surface area contributed by atoms with Crippen LogP contribution in [0, 0.1) is 0 Å². The number of ether oxygens (including phenoxy) is 3. The number of hydrogen-bond donors (Lipinski definition) is 1.